The first kappa shape index (κ1) is 19.9. The van der Waals surface area contributed by atoms with E-state index in [2.05, 4.69) is 16.0 Å². The number of ether oxygens (including phenoxy) is 2. The van der Waals surface area contributed by atoms with Crippen molar-refractivity contribution in [1.82, 2.24) is 9.88 Å². The Kier molecular flexibility index (Phi) is 6.04. The maximum Gasteiger partial charge on any atom is 0.339 e. The number of nitrogens with zero attached hydrogens (tertiary/aromatic N) is 2. The highest BCUT2D eigenvalue weighted by atomic mass is 16.5. The Balaban J connectivity index is 1.82. The number of hydrogen-bond donors (Lipinski definition) is 1. The smallest absolute Gasteiger partial charge is 0.339 e. The first-order valence-corrected chi connectivity index (χ1v) is 9.37. The van der Waals surface area contributed by atoms with E-state index in [0.717, 1.165) is 24.3 Å². The zero-order valence-electron chi connectivity index (χ0n) is 16.9. The van der Waals surface area contributed by atoms with E-state index in [9.17, 15) is 9.59 Å². The minimum absolute atomic E-state index is 0.160. The first-order valence-electron chi connectivity index (χ1n) is 9.37. The van der Waals surface area contributed by atoms with Gasteiger partial charge < -0.3 is 24.3 Å². The second kappa shape index (κ2) is 8.48. The van der Waals surface area contributed by atoms with Gasteiger partial charge in [0.15, 0.2) is 0 Å². The Morgan fingerprint density at radius 1 is 1.21 bits per heavy atom. The van der Waals surface area contributed by atoms with Gasteiger partial charge in [-0.2, -0.15) is 0 Å². The third-order valence-electron chi connectivity index (χ3n) is 5.14. The molecule has 1 aromatic heterocycles. The number of anilines is 1. The van der Waals surface area contributed by atoms with Gasteiger partial charge >= 0.3 is 5.97 Å². The fraction of sp³-hybridized carbons (Fsp3) is 0.429. The van der Waals surface area contributed by atoms with Crippen LogP contribution in [0.4, 0.5) is 5.69 Å². The van der Waals surface area contributed by atoms with E-state index in [4.69, 9.17) is 9.47 Å². The van der Waals surface area contributed by atoms with Crippen molar-refractivity contribution >= 4 is 17.6 Å². The normalized spacial score (nSPS) is 14.1. The van der Waals surface area contributed by atoms with Crippen molar-refractivity contribution in [3.8, 4) is 0 Å². The van der Waals surface area contributed by atoms with Crippen LogP contribution >= 0.6 is 0 Å². The van der Waals surface area contributed by atoms with Gasteiger partial charge in [0.1, 0.15) is 5.69 Å². The number of carbonyl (C=O) groups excluding carboxylic acids is 2. The van der Waals surface area contributed by atoms with E-state index in [0.29, 0.717) is 42.3 Å². The summed E-state index contributed by atoms with van der Waals surface area (Å²) in [6.07, 6.45) is 0. The summed E-state index contributed by atoms with van der Waals surface area (Å²) < 4.78 is 10.3. The van der Waals surface area contributed by atoms with Crippen LogP contribution in [-0.4, -0.2) is 62.2 Å². The molecule has 0 unspecified atom stereocenters. The first-order chi connectivity index (χ1) is 13.4. The molecule has 2 aromatic rings. The maximum absolute atomic E-state index is 13.0. The molecule has 1 fully saturated rings. The molecule has 7 nitrogen and oxygen atoms in total. The van der Waals surface area contributed by atoms with Crippen molar-refractivity contribution in [2.24, 2.45) is 0 Å². The lowest BCUT2D eigenvalue weighted by Crippen LogP contribution is -2.37. The van der Waals surface area contributed by atoms with E-state index in [1.165, 1.54) is 7.11 Å². The van der Waals surface area contributed by atoms with Crippen LogP contribution < -0.4 is 4.90 Å². The van der Waals surface area contributed by atoms with Crippen molar-refractivity contribution in [2.45, 2.75) is 20.4 Å². The van der Waals surface area contributed by atoms with Crippen LogP contribution in [0.15, 0.2) is 24.3 Å². The molecule has 0 aliphatic carbocycles. The Bertz CT molecular complexity index is 869. The van der Waals surface area contributed by atoms with Gasteiger partial charge in [-0.3, -0.25) is 4.79 Å². The Hall–Kier alpha value is -2.80. The number of carbonyl (C=O) groups is 2. The number of aromatic nitrogens is 1. The molecule has 1 saturated heterocycles. The molecule has 0 bridgehead atoms. The quantitative estimate of drug-likeness (QED) is 0.801. The zero-order chi connectivity index (χ0) is 20.3. The fourth-order valence-corrected chi connectivity index (χ4v) is 3.65. The number of esters is 1. The number of methoxy groups -OCH3 is 1. The van der Waals surface area contributed by atoms with Gasteiger partial charge in [0, 0.05) is 38.1 Å². The fourth-order valence-electron chi connectivity index (χ4n) is 3.65. The lowest BCUT2D eigenvalue weighted by atomic mass is 10.1. The number of H-pyrrole nitrogens is 1. The largest absolute Gasteiger partial charge is 0.465 e. The second-order valence-corrected chi connectivity index (χ2v) is 7.01. The molecular weight excluding hydrogens is 358 g/mol. The van der Waals surface area contributed by atoms with Crippen LogP contribution in [0.25, 0.3) is 0 Å². The van der Waals surface area contributed by atoms with Crippen molar-refractivity contribution in [2.75, 3.05) is 45.4 Å². The van der Waals surface area contributed by atoms with Crippen LogP contribution in [0.5, 0.6) is 0 Å². The lowest BCUT2D eigenvalue weighted by molar-refractivity contribution is 0.0599. The molecule has 1 N–H and O–H groups in total. The molecule has 0 spiro atoms. The predicted octanol–water partition coefficient (Wildman–Crippen LogP) is 2.53. The van der Waals surface area contributed by atoms with Gasteiger partial charge in [-0.1, -0.05) is 18.2 Å². The number of amides is 1. The molecule has 150 valence electrons. The number of para-hydroxylation sites is 1. The monoisotopic (exact) mass is 385 g/mol. The topological polar surface area (TPSA) is 74.9 Å². The summed E-state index contributed by atoms with van der Waals surface area (Å²) in [6, 6.07) is 8.12. The number of aryl methyl sites for hydroxylation is 1. The van der Waals surface area contributed by atoms with Gasteiger partial charge in [0.25, 0.3) is 5.91 Å². The van der Waals surface area contributed by atoms with Crippen molar-refractivity contribution < 1.29 is 19.1 Å². The summed E-state index contributed by atoms with van der Waals surface area (Å²) in [6.45, 7) is 7.10. The summed E-state index contributed by atoms with van der Waals surface area (Å²) in [5, 5.41) is 0. The van der Waals surface area contributed by atoms with Crippen molar-refractivity contribution in [3.05, 3.63) is 52.3 Å². The molecule has 7 heteroatoms. The van der Waals surface area contributed by atoms with E-state index >= 15 is 0 Å². The molecule has 1 amide bonds. The van der Waals surface area contributed by atoms with Crippen molar-refractivity contribution in [1.29, 1.82) is 0 Å². The molecule has 3 rings (SSSR count). The molecule has 1 aromatic carbocycles. The highest BCUT2D eigenvalue weighted by Crippen LogP contribution is 2.24. The van der Waals surface area contributed by atoms with E-state index in [-0.39, 0.29) is 5.91 Å². The van der Waals surface area contributed by atoms with Gasteiger partial charge in [-0.25, -0.2) is 4.79 Å². The lowest BCUT2D eigenvalue weighted by Gasteiger charge is -2.31. The van der Waals surface area contributed by atoms with Crippen LogP contribution in [0.2, 0.25) is 0 Å². The number of morpholine rings is 1. The summed E-state index contributed by atoms with van der Waals surface area (Å²) in [4.78, 5) is 32.0. The second-order valence-electron chi connectivity index (χ2n) is 7.01. The number of nitrogens with one attached hydrogen (secondary N) is 1. The number of aromatic amines is 1. The molecule has 1 aliphatic rings. The number of benzene rings is 1. The molecule has 0 atom stereocenters. The van der Waals surface area contributed by atoms with Crippen molar-refractivity contribution in [3.63, 3.8) is 0 Å². The Morgan fingerprint density at radius 2 is 1.89 bits per heavy atom. The molecule has 2 heterocycles. The maximum atomic E-state index is 13.0. The van der Waals surface area contributed by atoms with Crippen LogP contribution in [0.3, 0.4) is 0 Å². The SMILES string of the molecule is COC(=O)c1c(C)[nH]c(C(=O)N(C)Cc2ccccc2N2CCOCC2)c1C. The van der Waals surface area contributed by atoms with Gasteiger partial charge in [0.05, 0.1) is 25.9 Å². The van der Waals surface area contributed by atoms with E-state index in [1.54, 1.807) is 25.8 Å². The minimum Gasteiger partial charge on any atom is -0.465 e. The third-order valence-corrected chi connectivity index (χ3v) is 5.14. The van der Waals surface area contributed by atoms with E-state index in [1.807, 2.05) is 18.2 Å². The number of rotatable bonds is 5. The predicted molar refractivity (Wildman–Crippen MR) is 107 cm³/mol. The standard InChI is InChI=1S/C21H27N3O4/c1-14-18(21(26)27-4)15(2)22-19(14)20(25)23(3)13-16-7-5-6-8-17(16)24-9-11-28-12-10-24/h5-8,22H,9-13H2,1-4H3. The number of hydrogen-bond acceptors (Lipinski definition) is 5. The average molecular weight is 385 g/mol. The summed E-state index contributed by atoms with van der Waals surface area (Å²) >= 11 is 0. The molecule has 0 radical (unpaired) electrons. The third kappa shape index (κ3) is 3.89. The van der Waals surface area contributed by atoms with Crippen LogP contribution in [-0.2, 0) is 16.0 Å². The van der Waals surface area contributed by atoms with Gasteiger partial charge in [-0.15, -0.1) is 0 Å². The van der Waals surface area contributed by atoms with Crippen LogP contribution in [0.1, 0.15) is 37.7 Å². The Morgan fingerprint density at radius 3 is 2.57 bits per heavy atom. The highest BCUT2D eigenvalue weighted by molar-refractivity contribution is 6.00. The minimum atomic E-state index is -0.439. The summed E-state index contributed by atoms with van der Waals surface area (Å²) in [5.74, 6) is -0.599. The molecular formula is C21H27N3O4. The summed E-state index contributed by atoms with van der Waals surface area (Å²) in [5.41, 5.74) is 4.30. The van der Waals surface area contributed by atoms with Crippen LogP contribution in [0, 0.1) is 13.8 Å². The Labute approximate surface area is 165 Å². The molecule has 0 saturated carbocycles. The summed E-state index contributed by atoms with van der Waals surface area (Å²) in [7, 11) is 3.11. The highest BCUT2D eigenvalue weighted by Gasteiger charge is 2.25. The molecule has 1 aliphatic heterocycles. The van der Waals surface area contributed by atoms with Gasteiger partial charge in [-0.05, 0) is 31.0 Å². The average Bonchev–Trinajstić information content (AvgIpc) is 3.02. The van der Waals surface area contributed by atoms with Gasteiger partial charge in [0.2, 0.25) is 0 Å². The van der Waals surface area contributed by atoms with E-state index < -0.39 is 5.97 Å². The molecule has 28 heavy (non-hydrogen) atoms. The zero-order valence-corrected chi connectivity index (χ0v) is 16.9.